The smallest absolute Gasteiger partial charge is 0.317 e. The summed E-state index contributed by atoms with van der Waals surface area (Å²) in [4.78, 5) is 16.4. The summed E-state index contributed by atoms with van der Waals surface area (Å²) >= 11 is 0. The fourth-order valence-corrected chi connectivity index (χ4v) is 2.73. The van der Waals surface area contributed by atoms with Crippen molar-refractivity contribution in [3.8, 4) is 0 Å². The van der Waals surface area contributed by atoms with Gasteiger partial charge in [0.25, 0.3) is 0 Å². The molecule has 1 rings (SSSR count). The molecule has 1 heterocycles. The Morgan fingerprint density at radius 3 is 2.70 bits per heavy atom. The second-order valence-electron chi connectivity index (χ2n) is 6.72. The highest BCUT2D eigenvalue weighted by molar-refractivity contribution is 5.74. The highest BCUT2D eigenvalue weighted by Gasteiger charge is 2.27. The van der Waals surface area contributed by atoms with E-state index in [-0.39, 0.29) is 17.7 Å². The van der Waals surface area contributed by atoms with Crippen LogP contribution in [0.3, 0.4) is 0 Å². The van der Waals surface area contributed by atoms with Gasteiger partial charge in [-0.2, -0.15) is 0 Å². The lowest BCUT2D eigenvalue weighted by Crippen LogP contribution is -2.52. The summed E-state index contributed by atoms with van der Waals surface area (Å²) in [5, 5.41) is 3.09. The molecule has 20 heavy (non-hydrogen) atoms. The van der Waals surface area contributed by atoms with Crippen LogP contribution in [0.25, 0.3) is 0 Å². The van der Waals surface area contributed by atoms with E-state index in [0.717, 1.165) is 25.9 Å². The van der Waals surface area contributed by atoms with Crippen molar-refractivity contribution in [1.82, 2.24) is 15.1 Å². The number of carbonyl (C=O) groups is 1. The van der Waals surface area contributed by atoms with E-state index in [9.17, 15) is 4.79 Å². The Morgan fingerprint density at radius 2 is 2.15 bits per heavy atom. The van der Waals surface area contributed by atoms with Gasteiger partial charge in [0.05, 0.1) is 5.60 Å². The van der Waals surface area contributed by atoms with Crippen LogP contribution in [0.1, 0.15) is 40.0 Å². The molecule has 0 saturated carbocycles. The Hall–Kier alpha value is -0.810. The molecular weight excluding hydrogens is 254 g/mol. The number of nitrogens with one attached hydrogen (secondary N) is 1. The van der Waals surface area contributed by atoms with Crippen molar-refractivity contribution in [3.63, 3.8) is 0 Å². The average molecular weight is 285 g/mol. The van der Waals surface area contributed by atoms with E-state index in [1.165, 1.54) is 6.42 Å². The first kappa shape index (κ1) is 17.2. The van der Waals surface area contributed by atoms with E-state index in [4.69, 9.17) is 4.74 Å². The van der Waals surface area contributed by atoms with Gasteiger partial charge in [-0.1, -0.05) is 0 Å². The summed E-state index contributed by atoms with van der Waals surface area (Å²) in [6.07, 6.45) is 3.05. The van der Waals surface area contributed by atoms with Crippen LogP contribution >= 0.6 is 0 Å². The maximum Gasteiger partial charge on any atom is 0.317 e. The van der Waals surface area contributed by atoms with E-state index < -0.39 is 0 Å². The lowest BCUT2D eigenvalue weighted by Gasteiger charge is -2.37. The molecule has 0 aliphatic carbocycles. The molecule has 2 atom stereocenters. The summed E-state index contributed by atoms with van der Waals surface area (Å²) in [6, 6.07) is 0.633. The maximum atomic E-state index is 12.3. The van der Waals surface area contributed by atoms with Gasteiger partial charge in [-0.3, -0.25) is 0 Å². The Bertz CT molecular complexity index is 318. The molecule has 0 unspecified atom stereocenters. The molecular formula is C15H31N3O2. The molecule has 1 fully saturated rings. The van der Waals surface area contributed by atoms with Gasteiger partial charge in [0.1, 0.15) is 0 Å². The molecule has 0 spiro atoms. The highest BCUT2D eigenvalue weighted by atomic mass is 16.5. The van der Waals surface area contributed by atoms with Crippen LogP contribution in [-0.4, -0.2) is 67.8 Å². The van der Waals surface area contributed by atoms with Crippen molar-refractivity contribution in [3.05, 3.63) is 0 Å². The van der Waals surface area contributed by atoms with Crippen LogP contribution in [0.4, 0.5) is 4.79 Å². The Kier molecular flexibility index (Phi) is 6.27. The van der Waals surface area contributed by atoms with Gasteiger partial charge in [-0.05, 0) is 54.1 Å². The molecule has 0 aromatic carbocycles. The third kappa shape index (κ3) is 5.29. The number of ether oxygens (including phenoxy) is 1. The number of methoxy groups -OCH3 is 1. The van der Waals surface area contributed by atoms with Crippen LogP contribution in [0.2, 0.25) is 0 Å². The number of rotatable bonds is 5. The largest absolute Gasteiger partial charge is 0.379 e. The van der Waals surface area contributed by atoms with Crippen molar-refractivity contribution in [2.75, 3.05) is 34.3 Å². The zero-order chi connectivity index (χ0) is 15.3. The lowest BCUT2D eigenvalue weighted by molar-refractivity contribution is 0.00896. The number of hydrogen-bond donors (Lipinski definition) is 1. The number of nitrogens with zero attached hydrogens (tertiary/aromatic N) is 2. The van der Waals surface area contributed by atoms with Gasteiger partial charge in [-0.15, -0.1) is 0 Å². The summed E-state index contributed by atoms with van der Waals surface area (Å²) in [5.41, 5.74) is -0.208. The first-order valence-electron chi connectivity index (χ1n) is 7.52. The van der Waals surface area contributed by atoms with E-state index in [1.807, 2.05) is 25.7 Å². The van der Waals surface area contributed by atoms with Crippen molar-refractivity contribution >= 4 is 6.03 Å². The minimum absolute atomic E-state index is 0.0518. The summed E-state index contributed by atoms with van der Waals surface area (Å²) in [6.45, 7) is 7.79. The molecule has 1 aliphatic rings. The van der Waals surface area contributed by atoms with Crippen molar-refractivity contribution in [2.24, 2.45) is 0 Å². The predicted octanol–water partition coefficient (Wildman–Crippen LogP) is 1.93. The van der Waals surface area contributed by atoms with Gasteiger partial charge in [0, 0.05) is 32.3 Å². The molecule has 0 aromatic heterocycles. The standard InChI is InChI=1S/C15H31N3O2/c1-12(10-15(2,3)20-6)16-14(19)18-9-7-8-13(11-18)17(4)5/h12-13H,7-11H2,1-6H3,(H,16,19)/t12-,13+/m1/s1. The van der Waals surface area contributed by atoms with Gasteiger partial charge >= 0.3 is 6.03 Å². The molecule has 1 N–H and O–H groups in total. The molecule has 118 valence electrons. The van der Waals surface area contributed by atoms with Crippen molar-refractivity contribution in [2.45, 2.75) is 57.7 Å². The number of carbonyl (C=O) groups excluding carboxylic acids is 1. The second-order valence-corrected chi connectivity index (χ2v) is 6.72. The molecule has 0 aromatic rings. The van der Waals surface area contributed by atoms with Crippen LogP contribution in [-0.2, 0) is 4.74 Å². The van der Waals surface area contributed by atoms with E-state index in [0.29, 0.717) is 6.04 Å². The Morgan fingerprint density at radius 1 is 1.50 bits per heavy atom. The maximum absolute atomic E-state index is 12.3. The van der Waals surface area contributed by atoms with Crippen LogP contribution < -0.4 is 5.32 Å². The molecule has 5 nitrogen and oxygen atoms in total. The molecule has 1 saturated heterocycles. The minimum Gasteiger partial charge on any atom is -0.379 e. The van der Waals surface area contributed by atoms with Crippen molar-refractivity contribution < 1.29 is 9.53 Å². The fraction of sp³-hybridized carbons (Fsp3) is 0.933. The first-order chi connectivity index (χ1) is 9.25. The number of hydrogen-bond acceptors (Lipinski definition) is 3. The minimum atomic E-state index is -0.208. The summed E-state index contributed by atoms with van der Waals surface area (Å²) < 4.78 is 5.41. The molecule has 0 bridgehead atoms. The van der Waals surface area contributed by atoms with Crippen LogP contribution in [0, 0.1) is 0 Å². The van der Waals surface area contributed by atoms with Crippen molar-refractivity contribution in [1.29, 1.82) is 0 Å². The van der Waals surface area contributed by atoms with E-state index in [2.05, 4.69) is 24.3 Å². The van der Waals surface area contributed by atoms with Gasteiger partial charge < -0.3 is 19.9 Å². The summed E-state index contributed by atoms with van der Waals surface area (Å²) in [7, 11) is 5.87. The number of likely N-dealkylation sites (N-methyl/N-ethyl adjacent to an activating group) is 1. The first-order valence-corrected chi connectivity index (χ1v) is 7.52. The van der Waals surface area contributed by atoms with Crippen LogP contribution in [0.15, 0.2) is 0 Å². The Labute approximate surface area is 123 Å². The lowest BCUT2D eigenvalue weighted by atomic mass is 10.00. The zero-order valence-electron chi connectivity index (χ0n) is 13.9. The average Bonchev–Trinajstić information content (AvgIpc) is 2.38. The van der Waals surface area contributed by atoms with E-state index >= 15 is 0 Å². The third-order valence-corrected chi connectivity index (χ3v) is 4.13. The number of likely N-dealkylation sites (tertiary alicyclic amines) is 1. The Balaban J connectivity index is 2.45. The topological polar surface area (TPSA) is 44.8 Å². The second kappa shape index (κ2) is 7.27. The molecule has 1 aliphatic heterocycles. The summed E-state index contributed by atoms with van der Waals surface area (Å²) in [5.74, 6) is 0. The third-order valence-electron chi connectivity index (χ3n) is 4.13. The number of piperidine rings is 1. The van der Waals surface area contributed by atoms with Gasteiger partial charge in [0.2, 0.25) is 0 Å². The predicted molar refractivity (Wildman–Crippen MR) is 82.0 cm³/mol. The fourth-order valence-electron chi connectivity index (χ4n) is 2.73. The van der Waals surface area contributed by atoms with Gasteiger partial charge in [0.15, 0.2) is 0 Å². The SMILES string of the molecule is COC(C)(C)C[C@@H](C)NC(=O)N1CCC[C@H](N(C)C)C1. The van der Waals surface area contributed by atoms with E-state index in [1.54, 1.807) is 7.11 Å². The van der Waals surface area contributed by atoms with Crippen LogP contribution in [0.5, 0.6) is 0 Å². The number of urea groups is 1. The monoisotopic (exact) mass is 285 g/mol. The zero-order valence-corrected chi connectivity index (χ0v) is 13.9. The van der Waals surface area contributed by atoms with Gasteiger partial charge in [-0.25, -0.2) is 4.79 Å². The quantitative estimate of drug-likeness (QED) is 0.839. The highest BCUT2D eigenvalue weighted by Crippen LogP contribution is 2.17. The normalized spacial score (nSPS) is 21.9. The molecule has 0 radical (unpaired) electrons. The number of amides is 2. The molecule has 2 amide bonds. The molecule has 5 heteroatoms.